The second-order valence-corrected chi connectivity index (χ2v) is 9.05. The lowest BCUT2D eigenvalue weighted by Gasteiger charge is -2.37. The molecule has 0 unspecified atom stereocenters. The predicted octanol–water partition coefficient (Wildman–Crippen LogP) is 3.54. The van der Waals surface area contributed by atoms with Crippen molar-refractivity contribution >= 4 is 11.8 Å². The highest BCUT2D eigenvalue weighted by Gasteiger charge is 2.38. The quantitative estimate of drug-likeness (QED) is 0.358. The van der Waals surface area contributed by atoms with Crippen molar-refractivity contribution in [2.45, 2.75) is 89.5 Å². The predicted molar refractivity (Wildman–Crippen MR) is 135 cm³/mol. The summed E-state index contributed by atoms with van der Waals surface area (Å²) in [7, 11) is 0. The molecule has 0 spiro atoms. The number of carbonyl (C=O) groups is 2. The number of aliphatic hydroxyl groups is 2. The van der Waals surface area contributed by atoms with Gasteiger partial charge in [-0.1, -0.05) is 88.4 Å². The van der Waals surface area contributed by atoms with Gasteiger partial charge in [-0.3, -0.25) is 9.59 Å². The van der Waals surface area contributed by atoms with E-state index in [1.54, 1.807) is 0 Å². The lowest BCUT2D eigenvalue weighted by atomic mass is 9.84. The summed E-state index contributed by atoms with van der Waals surface area (Å²) in [5, 5.41) is 27.9. The van der Waals surface area contributed by atoms with Gasteiger partial charge in [-0.2, -0.15) is 0 Å². The lowest BCUT2D eigenvalue weighted by Crippen LogP contribution is -2.59. The molecule has 2 aromatic rings. The molecule has 4 N–H and O–H groups in total. The summed E-state index contributed by atoms with van der Waals surface area (Å²) in [4.78, 5) is 26.0. The van der Waals surface area contributed by atoms with E-state index in [1.807, 2.05) is 88.4 Å². The molecule has 2 amide bonds. The van der Waals surface area contributed by atoms with Crippen LogP contribution in [0.3, 0.4) is 0 Å². The molecule has 0 aliphatic rings. The summed E-state index contributed by atoms with van der Waals surface area (Å²) in [6.07, 6.45) is 2.55. The van der Waals surface area contributed by atoms with E-state index >= 15 is 0 Å². The highest BCUT2D eigenvalue weighted by molar-refractivity contribution is 6.35. The molecule has 6 heteroatoms. The standard InChI is InChI=1S/C28H40N2O4/c1-5-27(33,6-2)23(19-21-15-11-9-12-16-21)29-25(31)26(32)30-24(28(34,7-3)8-4)20-22-17-13-10-14-18-22/h9-18,23-24,33-34H,5-8,19-20H2,1-4H3,(H,29,31)(H,30,32)/t23-,24-/m1/s1. The summed E-state index contributed by atoms with van der Waals surface area (Å²) < 4.78 is 0. The molecule has 0 saturated heterocycles. The molecule has 0 aromatic heterocycles. The second-order valence-electron chi connectivity index (χ2n) is 9.05. The average Bonchev–Trinajstić information content (AvgIpc) is 2.88. The summed E-state index contributed by atoms with van der Waals surface area (Å²) in [6.45, 7) is 7.47. The van der Waals surface area contributed by atoms with Crippen LogP contribution >= 0.6 is 0 Å². The number of rotatable bonds is 12. The third-order valence-corrected chi connectivity index (χ3v) is 7.13. The maximum atomic E-state index is 13.0. The minimum Gasteiger partial charge on any atom is -0.388 e. The maximum Gasteiger partial charge on any atom is 0.309 e. The van der Waals surface area contributed by atoms with E-state index in [-0.39, 0.29) is 0 Å². The van der Waals surface area contributed by atoms with Gasteiger partial charge in [0.05, 0.1) is 23.3 Å². The van der Waals surface area contributed by atoms with Gasteiger partial charge in [0.15, 0.2) is 0 Å². The molecule has 2 rings (SSSR count). The largest absolute Gasteiger partial charge is 0.388 e. The number of amides is 2. The summed E-state index contributed by atoms with van der Waals surface area (Å²) >= 11 is 0. The van der Waals surface area contributed by atoms with E-state index in [0.29, 0.717) is 38.5 Å². The van der Waals surface area contributed by atoms with Gasteiger partial charge < -0.3 is 20.8 Å². The van der Waals surface area contributed by atoms with Gasteiger partial charge in [-0.05, 0) is 49.7 Å². The van der Waals surface area contributed by atoms with Crippen molar-refractivity contribution in [1.29, 1.82) is 0 Å². The number of benzene rings is 2. The fourth-order valence-electron chi connectivity index (χ4n) is 4.38. The van der Waals surface area contributed by atoms with E-state index in [1.165, 1.54) is 0 Å². The molecule has 0 bridgehead atoms. The topological polar surface area (TPSA) is 98.7 Å². The molecular weight excluding hydrogens is 428 g/mol. The van der Waals surface area contributed by atoms with Gasteiger partial charge in [-0.25, -0.2) is 0 Å². The van der Waals surface area contributed by atoms with Crippen molar-refractivity contribution in [2.75, 3.05) is 0 Å². The van der Waals surface area contributed by atoms with Crippen LogP contribution in [-0.4, -0.2) is 45.3 Å². The maximum absolute atomic E-state index is 13.0. The van der Waals surface area contributed by atoms with Crippen LogP contribution in [-0.2, 0) is 22.4 Å². The van der Waals surface area contributed by atoms with Crippen molar-refractivity contribution in [3.8, 4) is 0 Å². The van der Waals surface area contributed by atoms with Crippen LogP contribution in [0.2, 0.25) is 0 Å². The first-order valence-corrected chi connectivity index (χ1v) is 12.3. The van der Waals surface area contributed by atoms with Gasteiger partial charge in [0.25, 0.3) is 0 Å². The van der Waals surface area contributed by atoms with Crippen LogP contribution in [0.4, 0.5) is 0 Å². The van der Waals surface area contributed by atoms with Crippen molar-refractivity contribution in [1.82, 2.24) is 10.6 Å². The number of nitrogens with one attached hydrogen (secondary N) is 2. The number of hydrogen-bond acceptors (Lipinski definition) is 4. The Morgan fingerprint density at radius 1 is 0.647 bits per heavy atom. The van der Waals surface area contributed by atoms with Gasteiger partial charge in [0.1, 0.15) is 0 Å². The first-order valence-electron chi connectivity index (χ1n) is 12.3. The van der Waals surface area contributed by atoms with Crippen LogP contribution < -0.4 is 10.6 Å². The third kappa shape index (κ3) is 7.15. The van der Waals surface area contributed by atoms with Crippen LogP contribution in [0.5, 0.6) is 0 Å². The molecule has 0 radical (unpaired) electrons. The van der Waals surface area contributed by atoms with Gasteiger partial charge >= 0.3 is 11.8 Å². The van der Waals surface area contributed by atoms with Crippen molar-refractivity contribution in [3.63, 3.8) is 0 Å². The molecule has 2 atom stereocenters. The van der Waals surface area contributed by atoms with E-state index < -0.39 is 35.1 Å². The molecule has 0 aliphatic carbocycles. The third-order valence-electron chi connectivity index (χ3n) is 7.13. The molecule has 0 aliphatic heterocycles. The minimum absolute atomic E-state index is 0.402. The molecule has 0 saturated carbocycles. The molecular formula is C28H40N2O4. The van der Waals surface area contributed by atoms with E-state index in [9.17, 15) is 19.8 Å². The van der Waals surface area contributed by atoms with Crippen LogP contribution in [0.1, 0.15) is 64.5 Å². The summed E-state index contributed by atoms with van der Waals surface area (Å²) in [6, 6.07) is 17.9. The molecule has 0 heterocycles. The zero-order valence-corrected chi connectivity index (χ0v) is 20.9. The zero-order chi connectivity index (χ0) is 25.2. The summed E-state index contributed by atoms with van der Waals surface area (Å²) in [5.41, 5.74) is -0.380. The number of carbonyl (C=O) groups excluding carboxylic acids is 2. The Bertz CT molecular complexity index is 818. The Balaban J connectivity index is 2.21. The van der Waals surface area contributed by atoms with Crippen molar-refractivity contribution in [3.05, 3.63) is 71.8 Å². The fraction of sp³-hybridized carbons (Fsp3) is 0.500. The fourth-order valence-corrected chi connectivity index (χ4v) is 4.38. The molecule has 186 valence electrons. The molecule has 6 nitrogen and oxygen atoms in total. The van der Waals surface area contributed by atoms with Gasteiger partial charge in [0, 0.05) is 0 Å². The van der Waals surface area contributed by atoms with Crippen LogP contribution in [0.15, 0.2) is 60.7 Å². The summed E-state index contributed by atoms with van der Waals surface area (Å²) in [5.74, 6) is -1.62. The molecule has 2 aromatic carbocycles. The first kappa shape index (κ1) is 27.5. The monoisotopic (exact) mass is 468 g/mol. The SMILES string of the molecule is CCC(O)(CC)[C@@H](Cc1ccccc1)NC(=O)C(=O)N[C@H](Cc1ccccc1)C(O)(CC)CC. The Morgan fingerprint density at radius 3 is 1.21 bits per heavy atom. The normalized spacial score (nSPS) is 13.7. The second kappa shape index (κ2) is 12.7. The van der Waals surface area contributed by atoms with Crippen LogP contribution in [0, 0.1) is 0 Å². The minimum atomic E-state index is -1.15. The Morgan fingerprint density at radius 2 is 0.941 bits per heavy atom. The van der Waals surface area contributed by atoms with Crippen molar-refractivity contribution < 1.29 is 19.8 Å². The lowest BCUT2D eigenvalue weighted by molar-refractivity contribution is -0.142. The van der Waals surface area contributed by atoms with Crippen LogP contribution in [0.25, 0.3) is 0 Å². The molecule has 34 heavy (non-hydrogen) atoms. The Kier molecular flexibility index (Phi) is 10.3. The van der Waals surface area contributed by atoms with Gasteiger partial charge in [0.2, 0.25) is 0 Å². The van der Waals surface area contributed by atoms with Gasteiger partial charge in [-0.15, -0.1) is 0 Å². The average molecular weight is 469 g/mol. The van der Waals surface area contributed by atoms with E-state index in [0.717, 1.165) is 11.1 Å². The molecule has 0 fully saturated rings. The van der Waals surface area contributed by atoms with E-state index in [4.69, 9.17) is 0 Å². The first-order chi connectivity index (χ1) is 16.2. The Labute approximate surface area is 203 Å². The zero-order valence-electron chi connectivity index (χ0n) is 20.9. The highest BCUT2D eigenvalue weighted by atomic mass is 16.3. The number of hydrogen-bond donors (Lipinski definition) is 4. The van der Waals surface area contributed by atoms with E-state index in [2.05, 4.69) is 10.6 Å². The Hall–Kier alpha value is -2.70. The van der Waals surface area contributed by atoms with Crippen molar-refractivity contribution in [2.24, 2.45) is 0 Å². The highest BCUT2D eigenvalue weighted by Crippen LogP contribution is 2.24. The smallest absolute Gasteiger partial charge is 0.309 e.